The van der Waals surface area contributed by atoms with Gasteiger partial charge in [0.25, 0.3) is 0 Å². The summed E-state index contributed by atoms with van der Waals surface area (Å²) in [5, 5.41) is 8.57. The topological polar surface area (TPSA) is 57.5 Å². The molecule has 39 heavy (non-hydrogen) atoms. The van der Waals surface area contributed by atoms with Crippen molar-refractivity contribution < 1.29 is 13.6 Å². The molecule has 5 rings (SSSR count). The Kier molecular flexibility index (Phi) is 8.44. The van der Waals surface area contributed by atoms with Gasteiger partial charge >= 0.3 is 0 Å². The summed E-state index contributed by atoms with van der Waals surface area (Å²) in [4.78, 5) is 20.7. The van der Waals surface area contributed by atoms with Gasteiger partial charge in [-0.25, -0.2) is 13.5 Å². The van der Waals surface area contributed by atoms with Crippen molar-refractivity contribution in [3.8, 4) is 0 Å². The predicted molar refractivity (Wildman–Crippen MR) is 149 cm³/mol. The number of likely N-dealkylation sites (tertiary alicyclic amines) is 1. The Morgan fingerprint density at radius 3 is 2.46 bits per heavy atom. The van der Waals surface area contributed by atoms with Crippen LogP contribution in [0.15, 0.2) is 53.1 Å². The summed E-state index contributed by atoms with van der Waals surface area (Å²) in [6, 6.07) is 11.2. The second-order valence-electron chi connectivity index (χ2n) is 10.8. The van der Waals surface area contributed by atoms with Crippen LogP contribution >= 0.6 is 15.9 Å². The number of rotatable bonds is 7. The highest BCUT2D eigenvalue weighted by Crippen LogP contribution is 2.31. The molecule has 0 N–H and O–H groups in total. The van der Waals surface area contributed by atoms with E-state index >= 15 is 0 Å². The van der Waals surface area contributed by atoms with Gasteiger partial charge < -0.3 is 4.90 Å². The fraction of sp³-hybridized carbons (Fsp3) is 0.483. The smallest absolute Gasteiger partial charge is 0.244 e. The molecule has 2 aliphatic rings. The first-order valence-electron chi connectivity index (χ1n) is 13.6. The molecule has 2 saturated heterocycles. The van der Waals surface area contributed by atoms with Crippen LogP contribution in [0, 0.1) is 11.6 Å². The van der Waals surface area contributed by atoms with Gasteiger partial charge in [-0.3, -0.25) is 14.6 Å². The van der Waals surface area contributed by atoms with Crippen molar-refractivity contribution in [3.63, 3.8) is 0 Å². The third-order valence-electron chi connectivity index (χ3n) is 8.03. The molecule has 2 aliphatic heterocycles. The van der Waals surface area contributed by atoms with Crippen molar-refractivity contribution in [1.82, 2.24) is 29.7 Å². The lowest BCUT2D eigenvalue weighted by atomic mass is 10.0. The molecule has 1 unspecified atom stereocenters. The molecule has 2 aromatic carbocycles. The second-order valence-corrected chi connectivity index (χ2v) is 11.8. The third-order valence-corrected chi connectivity index (χ3v) is 8.52. The van der Waals surface area contributed by atoms with E-state index in [1.165, 1.54) is 12.1 Å². The number of amides is 1. The van der Waals surface area contributed by atoms with Gasteiger partial charge in [0.2, 0.25) is 5.91 Å². The van der Waals surface area contributed by atoms with Crippen LogP contribution in [0.25, 0.3) is 0 Å². The quantitative estimate of drug-likeness (QED) is 0.374. The fourth-order valence-corrected chi connectivity index (χ4v) is 6.37. The van der Waals surface area contributed by atoms with Gasteiger partial charge in [0, 0.05) is 47.8 Å². The van der Waals surface area contributed by atoms with Crippen LogP contribution in [-0.4, -0.2) is 73.9 Å². The summed E-state index contributed by atoms with van der Waals surface area (Å²) < 4.78 is 30.2. The SMILES string of the molecule is C[C@@H]1CN(C(=O)C(c2cccc(Br)c2)N2CCCC2)C[C@H](C)N1Cc1cn([C@@H](C)c2ccc(F)cc2F)nn1. The summed E-state index contributed by atoms with van der Waals surface area (Å²) in [5.74, 6) is -1.04. The molecular formula is C29H35BrF2N6O. The van der Waals surface area contributed by atoms with Gasteiger partial charge in [-0.15, -0.1) is 5.10 Å². The lowest BCUT2D eigenvalue weighted by Gasteiger charge is -2.45. The third kappa shape index (κ3) is 6.07. The summed E-state index contributed by atoms with van der Waals surface area (Å²) >= 11 is 3.58. The number of carbonyl (C=O) groups excluding carboxylic acids is 1. The highest BCUT2D eigenvalue weighted by molar-refractivity contribution is 9.10. The number of nitrogens with zero attached hydrogens (tertiary/aromatic N) is 6. The average molecular weight is 602 g/mol. The number of piperazine rings is 1. The number of hydrogen-bond acceptors (Lipinski definition) is 5. The van der Waals surface area contributed by atoms with Gasteiger partial charge in [0.05, 0.1) is 17.9 Å². The highest BCUT2D eigenvalue weighted by Gasteiger charge is 2.38. The first-order valence-corrected chi connectivity index (χ1v) is 14.4. The minimum Gasteiger partial charge on any atom is -0.338 e. The number of aromatic nitrogens is 3. The van der Waals surface area contributed by atoms with E-state index in [0.717, 1.165) is 47.7 Å². The van der Waals surface area contributed by atoms with Crippen molar-refractivity contribution in [1.29, 1.82) is 0 Å². The van der Waals surface area contributed by atoms with Crippen LogP contribution in [0.3, 0.4) is 0 Å². The van der Waals surface area contributed by atoms with E-state index in [1.807, 2.05) is 30.2 Å². The molecule has 0 spiro atoms. The monoisotopic (exact) mass is 600 g/mol. The maximum Gasteiger partial charge on any atom is 0.244 e. The van der Waals surface area contributed by atoms with Crippen LogP contribution in [0.2, 0.25) is 0 Å². The molecule has 7 nitrogen and oxygen atoms in total. The van der Waals surface area contributed by atoms with Crippen molar-refractivity contribution in [3.05, 3.63) is 81.6 Å². The first kappa shape index (κ1) is 27.9. The van der Waals surface area contributed by atoms with E-state index < -0.39 is 17.7 Å². The molecule has 0 radical (unpaired) electrons. The van der Waals surface area contributed by atoms with E-state index in [-0.39, 0.29) is 24.0 Å². The van der Waals surface area contributed by atoms with Crippen LogP contribution in [-0.2, 0) is 11.3 Å². The molecule has 3 heterocycles. The van der Waals surface area contributed by atoms with E-state index in [1.54, 1.807) is 4.68 Å². The van der Waals surface area contributed by atoms with Crippen molar-refractivity contribution in [2.24, 2.45) is 0 Å². The minimum absolute atomic E-state index is 0.122. The molecule has 208 valence electrons. The van der Waals surface area contributed by atoms with Crippen molar-refractivity contribution in [2.75, 3.05) is 26.2 Å². The Bertz CT molecular complexity index is 1300. The fourth-order valence-electron chi connectivity index (χ4n) is 5.95. The largest absolute Gasteiger partial charge is 0.338 e. The predicted octanol–water partition coefficient (Wildman–Crippen LogP) is 5.19. The van der Waals surface area contributed by atoms with Crippen LogP contribution in [0.1, 0.15) is 62.5 Å². The molecule has 3 aromatic rings. The first-order chi connectivity index (χ1) is 18.7. The Hall–Kier alpha value is -2.69. The molecule has 2 fully saturated rings. The maximum absolute atomic E-state index is 14.3. The van der Waals surface area contributed by atoms with Crippen LogP contribution < -0.4 is 0 Å². The highest BCUT2D eigenvalue weighted by atomic mass is 79.9. The molecule has 1 amide bonds. The van der Waals surface area contributed by atoms with Gasteiger partial charge in [0.15, 0.2) is 0 Å². The second kappa shape index (κ2) is 11.8. The Morgan fingerprint density at radius 1 is 1.08 bits per heavy atom. The molecule has 0 bridgehead atoms. The van der Waals surface area contributed by atoms with E-state index in [2.05, 4.69) is 62.0 Å². The number of hydrogen-bond donors (Lipinski definition) is 0. The average Bonchev–Trinajstić information content (AvgIpc) is 3.59. The Labute approximate surface area is 236 Å². The number of halogens is 3. The number of carbonyl (C=O) groups is 1. The zero-order chi connectivity index (χ0) is 27.7. The zero-order valence-corrected chi connectivity index (χ0v) is 24.2. The molecule has 10 heteroatoms. The number of benzene rings is 2. The van der Waals surface area contributed by atoms with Gasteiger partial charge in [-0.05, 0) is 70.5 Å². The minimum atomic E-state index is -0.605. The van der Waals surface area contributed by atoms with E-state index in [0.29, 0.717) is 25.2 Å². The standard InChI is InChI=1S/C29H35BrF2N6O/c1-19-15-36(29(39)28(35-11-4-5-12-35)22-7-6-8-23(30)13-22)16-20(2)37(19)17-25-18-38(34-33-25)21(3)26-10-9-24(31)14-27(26)32/h6-10,13-14,18-21,28H,4-5,11-12,15-17H2,1-3H3/t19-,20+,21-,28?/m0/s1. The molecule has 0 saturated carbocycles. The van der Waals surface area contributed by atoms with E-state index in [4.69, 9.17) is 0 Å². The zero-order valence-electron chi connectivity index (χ0n) is 22.6. The Balaban J connectivity index is 1.27. The lowest BCUT2D eigenvalue weighted by molar-refractivity contribution is -0.141. The maximum atomic E-state index is 14.3. The van der Waals surface area contributed by atoms with Crippen LogP contribution in [0.5, 0.6) is 0 Å². The summed E-state index contributed by atoms with van der Waals surface area (Å²) in [7, 11) is 0. The summed E-state index contributed by atoms with van der Waals surface area (Å²) in [6.45, 7) is 9.80. The summed E-state index contributed by atoms with van der Waals surface area (Å²) in [5.41, 5.74) is 2.16. The van der Waals surface area contributed by atoms with Gasteiger partial charge in [-0.1, -0.05) is 39.3 Å². The normalized spacial score (nSPS) is 22.3. The lowest BCUT2D eigenvalue weighted by Crippen LogP contribution is -2.59. The Morgan fingerprint density at radius 2 is 1.79 bits per heavy atom. The van der Waals surface area contributed by atoms with Gasteiger partial charge in [0.1, 0.15) is 17.7 Å². The summed E-state index contributed by atoms with van der Waals surface area (Å²) in [6.07, 6.45) is 4.05. The van der Waals surface area contributed by atoms with Gasteiger partial charge in [-0.2, -0.15) is 0 Å². The molecule has 0 aliphatic carbocycles. The van der Waals surface area contributed by atoms with Crippen molar-refractivity contribution in [2.45, 2.75) is 64.3 Å². The van der Waals surface area contributed by atoms with Crippen molar-refractivity contribution >= 4 is 21.8 Å². The molecule has 1 aromatic heterocycles. The molecular weight excluding hydrogens is 566 g/mol. The van der Waals surface area contributed by atoms with E-state index in [9.17, 15) is 13.6 Å². The van der Waals surface area contributed by atoms with Crippen LogP contribution in [0.4, 0.5) is 8.78 Å². The molecule has 4 atom stereocenters.